The molecule has 0 aliphatic heterocycles. The highest BCUT2D eigenvalue weighted by Gasteiger charge is 2.37. The third-order valence-electron chi connectivity index (χ3n) is 3.37. The van der Waals surface area contributed by atoms with Crippen LogP contribution in [0, 0.1) is 0 Å². The maximum absolute atomic E-state index is 13.0. The van der Waals surface area contributed by atoms with Crippen molar-refractivity contribution in [2.75, 3.05) is 0 Å². The number of benzene rings is 2. The quantitative estimate of drug-likeness (QED) is 0.346. The van der Waals surface area contributed by atoms with Crippen LogP contribution in [-0.4, -0.2) is 10.2 Å². The van der Waals surface area contributed by atoms with Crippen molar-refractivity contribution in [3.05, 3.63) is 56.5 Å². The zero-order valence-electron chi connectivity index (χ0n) is 12.8. The molecule has 0 radical (unpaired) electrons. The molecule has 0 amide bonds. The molecule has 0 saturated carbocycles. The Kier molecular flexibility index (Phi) is 5.10. The molecule has 3 rings (SSSR count). The minimum Gasteiger partial charge on any atom is -0.416 e. The summed E-state index contributed by atoms with van der Waals surface area (Å²) in [4.78, 5) is 0. The van der Waals surface area contributed by atoms with Crippen LogP contribution in [-0.2, 0) is 12.4 Å². The summed E-state index contributed by atoms with van der Waals surface area (Å²) in [6.45, 7) is 0. The van der Waals surface area contributed by atoms with Gasteiger partial charge in [0.15, 0.2) is 0 Å². The summed E-state index contributed by atoms with van der Waals surface area (Å²) < 4.78 is 84.4. The summed E-state index contributed by atoms with van der Waals surface area (Å²) in [6, 6.07) is 6.03. The van der Waals surface area contributed by atoms with Crippen molar-refractivity contribution in [2.24, 2.45) is 0 Å². The number of hydrogen-bond donors (Lipinski definition) is 0. The van der Waals surface area contributed by atoms with Gasteiger partial charge in [0, 0.05) is 20.1 Å². The Morgan fingerprint density at radius 2 is 1.04 bits per heavy atom. The molecule has 0 fully saturated rings. The summed E-state index contributed by atoms with van der Waals surface area (Å²) in [5, 5.41) is 7.29. The van der Waals surface area contributed by atoms with Crippen LogP contribution in [0.3, 0.4) is 0 Å². The van der Waals surface area contributed by atoms with Crippen molar-refractivity contribution in [2.45, 2.75) is 12.4 Å². The van der Waals surface area contributed by atoms with Crippen LogP contribution in [0.4, 0.5) is 26.3 Å². The summed E-state index contributed by atoms with van der Waals surface area (Å²) in [5.41, 5.74) is -2.97. The molecule has 0 unspecified atom stereocenters. The van der Waals surface area contributed by atoms with Gasteiger partial charge in [-0.3, -0.25) is 0 Å². The van der Waals surface area contributed by atoms with Crippen LogP contribution in [0.15, 0.2) is 49.8 Å². The zero-order valence-corrected chi connectivity index (χ0v) is 16.0. The molecule has 0 aliphatic carbocycles. The fraction of sp³-hybridized carbons (Fsp3) is 0.125. The number of halogens is 8. The van der Waals surface area contributed by atoms with E-state index in [-0.39, 0.29) is 12.0 Å². The Morgan fingerprint density at radius 3 is 1.44 bits per heavy atom. The van der Waals surface area contributed by atoms with Crippen LogP contribution in [0.25, 0.3) is 22.9 Å². The molecule has 0 atom stereocenters. The van der Waals surface area contributed by atoms with Gasteiger partial charge in [0.25, 0.3) is 0 Å². The van der Waals surface area contributed by atoms with Crippen LogP contribution in [0.5, 0.6) is 0 Å². The maximum atomic E-state index is 13.0. The molecule has 0 N–H and O–H groups in total. The van der Waals surface area contributed by atoms with Gasteiger partial charge in [0.2, 0.25) is 11.8 Å². The first-order valence-corrected chi connectivity index (χ1v) is 8.62. The van der Waals surface area contributed by atoms with Crippen molar-refractivity contribution in [3.8, 4) is 22.9 Å². The average molecular weight is 516 g/mol. The Hall–Kier alpha value is -1.88. The fourth-order valence-corrected chi connectivity index (χ4v) is 3.51. The van der Waals surface area contributed by atoms with E-state index in [0.29, 0.717) is 26.6 Å². The average Bonchev–Trinajstić information content (AvgIpc) is 3.02. The van der Waals surface area contributed by atoms with Crippen LogP contribution in [0.1, 0.15) is 11.1 Å². The topological polar surface area (TPSA) is 38.9 Å². The first-order valence-electron chi connectivity index (χ1n) is 7.03. The lowest BCUT2D eigenvalue weighted by molar-refractivity contribution is -0.143. The van der Waals surface area contributed by atoms with Gasteiger partial charge < -0.3 is 4.42 Å². The highest BCUT2D eigenvalue weighted by Crippen LogP contribution is 2.39. The Morgan fingerprint density at radius 1 is 0.630 bits per heavy atom. The third kappa shape index (κ3) is 4.52. The fourth-order valence-electron chi connectivity index (χ4n) is 2.21. The van der Waals surface area contributed by atoms with E-state index in [1.54, 1.807) is 18.2 Å². The lowest BCUT2D eigenvalue weighted by Crippen LogP contribution is -2.11. The molecule has 3 aromatic rings. The summed E-state index contributed by atoms with van der Waals surface area (Å²) in [7, 11) is 0. The number of alkyl halides is 6. The van der Waals surface area contributed by atoms with E-state index in [1.165, 1.54) is 0 Å². The highest BCUT2D eigenvalue weighted by molar-refractivity contribution is 9.11. The molecule has 27 heavy (non-hydrogen) atoms. The van der Waals surface area contributed by atoms with Gasteiger partial charge in [0.05, 0.1) is 11.1 Å². The van der Waals surface area contributed by atoms with E-state index in [9.17, 15) is 26.3 Å². The molecule has 0 aliphatic rings. The molecule has 11 heteroatoms. The summed E-state index contributed by atoms with van der Waals surface area (Å²) in [6.07, 6.45) is -9.93. The highest BCUT2D eigenvalue weighted by atomic mass is 79.9. The van der Waals surface area contributed by atoms with Gasteiger partial charge >= 0.3 is 12.4 Å². The predicted octanol–water partition coefficient (Wildman–Crippen LogP) is 6.97. The van der Waals surface area contributed by atoms with Gasteiger partial charge in [-0.1, -0.05) is 31.9 Å². The van der Waals surface area contributed by atoms with Crippen molar-refractivity contribution >= 4 is 31.9 Å². The first kappa shape index (κ1) is 19.9. The largest absolute Gasteiger partial charge is 0.416 e. The van der Waals surface area contributed by atoms with E-state index in [4.69, 9.17) is 4.42 Å². The Labute approximate surface area is 164 Å². The molecule has 1 aromatic heterocycles. The van der Waals surface area contributed by atoms with Gasteiger partial charge in [-0.15, -0.1) is 10.2 Å². The molecule has 2 aromatic carbocycles. The summed E-state index contributed by atoms with van der Waals surface area (Å²) >= 11 is 6.51. The lowest BCUT2D eigenvalue weighted by Gasteiger charge is -2.12. The standard InChI is InChI=1S/C16H6Br2F6N2O/c17-11-3-8(4-12(18)6-11)14-26-25-13(27-14)7-1-9(15(19,20)21)5-10(2-7)16(22,23)24/h1-6H. The van der Waals surface area contributed by atoms with Gasteiger partial charge in [-0.25, -0.2) is 0 Å². The molecule has 0 spiro atoms. The normalized spacial score (nSPS) is 12.4. The van der Waals surface area contributed by atoms with Crippen molar-refractivity contribution in [3.63, 3.8) is 0 Å². The second-order valence-electron chi connectivity index (χ2n) is 5.37. The van der Waals surface area contributed by atoms with Crippen LogP contribution >= 0.6 is 31.9 Å². The van der Waals surface area contributed by atoms with E-state index in [0.717, 1.165) is 0 Å². The number of aromatic nitrogens is 2. The molecule has 142 valence electrons. The smallest absolute Gasteiger partial charge is 0.416 e. The second-order valence-corrected chi connectivity index (χ2v) is 7.20. The molecule has 0 bridgehead atoms. The van der Waals surface area contributed by atoms with Crippen molar-refractivity contribution < 1.29 is 30.8 Å². The molecule has 1 heterocycles. The van der Waals surface area contributed by atoms with Crippen molar-refractivity contribution in [1.82, 2.24) is 10.2 Å². The zero-order chi connectivity index (χ0) is 20.0. The molecular weight excluding hydrogens is 510 g/mol. The molecule has 3 nitrogen and oxygen atoms in total. The van der Waals surface area contributed by atoms with E-state index < -0.39 is 34.9 Å². The minimum absolute atomic E-state index is 0.0339. The minimum atomic E-state index is -4.96. The third-order valence-corrected chi connectivity index (χ3v) is 4.28. The van der Waals surface area contributed by atoms with Crippen molar-refractivity contribution in [1.29, 1.82) is 0 Å². The van der Waals surface area contributed by atoms with Gasteiger partial charge in [0.1, 0.15) is 0 Å². The van der Waals surface area contributed by atoms with Crippen LogP contribution < -0.4 is 0 Å². The second kappa shape index (κ2) is 6.93. The molecular formula is C16H6Br2F6N2O. The SMILES string of the molecule is FC(F)(F)c1cc(-c2nnc(-c3cc(Br)cc(Br)c3)o2)cc(C(F)(F)F)c1. The Balaban J connectivity index is 2.10. The van der Waals surface area contributed by atoms with E-state index in [1.807, 2.05) is 0 Å². The molecule has 0 saturated heterocycles. The van der Waals surface area contributed by atoms with Gasteiger partial charge in [-0.2, -0.15) is 26.3 Å². The van der Waals surface area contributed by atoms with Gasteiger partial charge in [-0.05, 0) is 36.4 Å². The maximum Gasteiger partial charge on any atom is 0.416 e. The lowest BCUT2D eigenvalue weighted by atomic mass is 10.0. The first-order chi connectivity index (χ1) is 12.4. The number of rotatable bonds is 2. The monoisotopic (exact) mass is 514 g/mol. The number of nitrogens with zero attached hydrogens (tertiary/aromatic N) is 2. The van der Waals surface area contributed by atoms with E-state index >= 15 is 0 Å². The summed E-state index contributed by atoms with van der Waals surface area (Å²) in [5.74, 6) is -0.518. The van der Waals surface area contributed by atoms with E-state index in [2.05, 4.69) is 42.1 Å². The van der Waals surface area contributed by atoms with Crippen LogP contribution in [0.2, 0.25) is 0 Å². The predicted molar refractivity (Wildman–Crippen MR) is 90.6 cm³/mol. The Bertz CT molecular complexity index is 945. The number of hydrogen-bond acceptors (Lipinski definition) is 3.